The van der Waals surface area contributed by atoms with Gasteiger partial charge in [0, 0.05) is 44.7 Å². The minimum Gasteiger partial charge on any atom is -0.361 e. The van der Waals surface area contributed by atoms with E-state index < -0.39 is 0 Å². The minimum atomic E-state index is -0.121. The average molecular weight is 430 g/mol. The number of aryl methyl sites for hydroxylation is 3. The van der Waals surface area contributed by atoms with Gasteiger partial charge in [0.15, 0.2) is 0 Å². The molecule has 2 amide bonds. The molecule has 0 atom stereocenters. The number of hydrogen-bond donors (Lipinski definition) is 0. The van der Waals surface area contributed by atoms with Crippen molar-refractivity contribution < 1.29 is 14.1 Å². The van der Waals surface area contributed by atoms with Crippen LogP contribution in [0.25, 0.3) is 10.2 Å². The Labute approximate surface area is 176 Å². The van der Waals surface area contributed by atoms with Crippen molar-refractivity contribution in [3.63, 3.8) is 0 Å². The Balaban J connectivity index is 1.29. The molecule has 3 aromatic rings. The molecule has 0 aliphatic carbocycles. The molecular formula is C20H23N5O4S. The molecule has 1 fully saturated rings. The first kappa shape index (κ1) is 20.3. The van der Waals surface area contributed by atoms with Crippen LogP contribution in [-0.2, 0) is 22.6 Å². The highest BCUT2D eigenvalue weighted by atomic mass is 32.1. The van der Waals surface area contributed by atoms with Gasteiger partial charge in [0.25, 0.3) is 5.56 Å². The van der Waals surface area contributed by atoms with Crippen molar-refractivity contribution in [2.24, 2.45) is 0 Å². The molecule has 1 aliphatic heterocycles. The first-order valence-electron chi connectivity index (χ1n) is 9.84. The zero-order valence-electron chi connectivity index (χ0n) is 17.0. The van der Waals surface area contributed by atoms with Crippen molar-refractivity contribution in [3.8, 4) is 0 Å². The molecule has 3 aromatic heterocycles. The van der Waals surface area contributed by atoms with Crippen molar-refractivity contribution in [3.05, 3.63) is 45.1 Å². The smallest absolute Gasteiger partial charge is 0.262 e. The van der Waals surface area contributed by atoms with Crippen molar-refractivity contribution >= 4 is 33.4 Å². The number of carbonyl (C=O) groups is 2. The molecule has 1 saturated heterocycles. The number of nitrogens with zero attached hydrogens (tertiary/aromatic N) is 5. The lowest BCUT2D eigenvalue weighted by Gasteiger charge is -2.35. The molecule has 158 valence electrons. The van der Waals surface area contributed by atoms with Gasteiger partial charge in [0.1, 0.15) is 10.6 Å². The highest BCUT2D eigenvalue weighted by Gasteiger charge is 2.25. The normalized spacial score (nSPS) is 14.5. The summed E-state index contributed by atoms with van der Waals surface area (Å²) in [5, 5.41) is 6.31. The third-order valence-corrected chi connectivity index (χ3v) is 6.33. The molecule has 1 aliphatic rings. The van der Waals surface area contributed by atoms with Gasteiger partial charge in [-0.15, -0.1) is 11.3 Å². The lowest BCUT2D eigenvalue weighted by atomic mass is 10.1. The third kappa shape index (κ3) is 4.00. The second kappa shape index (κ2) is 8.39. The van der Waals surface area contributed by atoms with E-state index in [1.807, 2.05) is 12.3 Å². The summed E-state index contributed by atoms with van der Waals surface area (Å²) in [5.41, 5.74) is 1.45. The molecule has 4 rings (SSSR count). The Hall–Kier alpha value is -3.01. The Morgan fingerprint density at radius 1 is 1.13 bits per heavy atom. The number of fused-ring (bicyclic) bond motifs is 1. The summed E-state index contributed by atoms with van der Waals surface area (Å²) in [6, 6.07) is 1.76. The Morgan fingerprint density at radius 2 is 1.83 bits per heavy atom. The standard InChI is InChI=1S/C20H23N5O4S/c1-13-16(14(2)29-22-13)11-18(27)24-8-6-23(7-9-24)17(26)3-5-25-12-21-19-15(20(25)28)4-10-30-19/h4,10,12H,3,5-9,11H2,1-2H3. The van der Waals surface area contributed by atoms with Crippen LogP contribution in [0, 0.1) is 13.8 Å². The molecule has 0 unspecified atom stereocenters. The summed E-state index contributed by atoms with van der Waals surface area (Å²) < 4.78 is 6.60. The summed E-state index contributed by atoms with van der Waals surface area (Å²) in [4.78, 5) is 46.1. The maximum Gasteiger partial charge on any atom is 0.262 e. The van der Waals surface area contributed by atoms with Crippen LogP contribution in [0.2, 0.25) is 0 Å². The largest absolute Gasteiger partial charge is 0.361 e. The maximum absolute atomic E-state index is 12.6. The predicted molar refractivity (Wildman–Crippen MR) is 111 cm³/mol. The number of hydrogen-bond acceptors (Lipinski definition) is 7. The van der Waals surface area contributed by atoms with E-state index in [4.69, 9.17) is 4.52 Å². The van der Waals surface area contributed by atoms with Crippen molar-refractivity contribution in [2.75, 3.05) is 26.2 Å². The second-order valence-electron chi connectivity index (χ2n) is 7.37. The molecule has 4 heterocycles. The van der Waals surface area contributed by atoms with Crippen LogP contribution in [0.3, 0.4) is 0 Å². The molecule has 0 saturated carbocycles. The Kier molecular flexibility index (Phi) is 5.67. The van der Waals surface area contributed by atoms with Gasteiger partial charge in [0.05, 0.1) is 23.8 Å². The number of rotatable bonds is 5. The van der Waals surface area contributed by atoms with Gasteiger partial charge >= 0.3 is 0 Å². The third-order valence-electron chi connectivity index (χ3n) is 5.51. The van der Waals surface area contributed by atoms with Crippen molar-refractivity contribution in [1.29, 1.82) is 0 Å². The molecule has 0 radical (unpaired) electrons. The Bertz CT molecular complexity index is 1120. The van der Waals surface area contributed by atoms with Crippen molar-refractivity contribution in [2.45, 2.75) is 33.2 Å². The van der Waals surface area contributed by atoms with Gasteiger partial charge in [0.2, 0.25) is 11.8 Å². The summed E-state index contributed by atoms with van der Waals surface area (Å²) in [5.74, 6) is 0.656. The number of piperazine rings is 1. The van der Waals surface area contributed by atoms with E-state index in [0.29, 0.717) is 48.7 Å². The Morgan fingerprint density at radius 3 is 2.50 bits per heavy atom. The molecule has 0 N–H and O–H groups in total. The number of amides is 2. The fraction of sp³-hybridized carbons (Fsp3) is 0.450. The molecule has 9 nitrogen and oxygen atoms in total. The van der Waals surface area contributed by atoms with Crippen LogP contribution in [0.15, 0.2) is 27.1 Å². The SMILES string of the molecule is Cc1noc(C)c1CC(=O)N1CCN(C(=O)CCn2cnc3sccc3c2=O)CC1. The van der Waals surface area contributed by atoms with Gasteiger partial charge in [-0.2, -0.15) is 0 Å². The number of thiophene rings is 1. The molecule has 0 aromatic carbocycles. The van der Waals surface area contributed by atoms with Crippen LogP contribution in [0.1, 0.15) is 23.4 Å². The van der Waals surface area contributed by atoms with Gasteiger partial charge < -0.3 is 14.3 Å². The average Bonchev–Trinajstić information content (AvgIpc) is 3.35. The lowest BCUT2D eigenvalue weighted by molar-refractivity contribution is -0.139. The van der Waals surface area contributed by atoms with Gasteiger partial charge in [-0.25, -0.2) is 4.98 Å². The van der Waals surface area contributed by atoms with Gasteiger partial charge in [-0.05, 0) is 25.3 Å². The molecule has 0 spiro atoms. The van der Waals surface area contributed by atoms with Gasteiger partial charge in [-0.1, -0.05) is 5.16 Å². The molecule has 30 heavy (non-hydrogen) atoms. The van der Waals surface area contributed by atoms with E-state index in [9.17, 15) is 14.4 Å². The molecule has 10 heteroatoms. The monoisotopic (exact) mass is 429 g/mol. The van der Waals surface area contributed by atoms with E-state index in [1.54, 1.807) is 22.8 Å². The van der Waals surface area contributed by atoms with E-state index in [2.05, 4.69) is 10.1 Å². The summed E-state index contributed by atoms with van der Waals surface area (Å²) >= 11 is 1.42. The number of carbonyl (C=O) groups excluding carboxylic acids is 2. The van der Waals surface area contributed by atoms with Gasteiger partial charge in [-0.3, -0.25) is 19.0 Å². The zero-order valence-corrected chi connectivity index (χ0v) is 17.8. The van der Waals surface area contributed by atoms with E-state index in [0.717, 1.165) is 11.3 Å². The fourth-order valence-electron chi connectivity index (χ4n) is 3.65. The first-order chi connectivity index (χ1) is 14.4. The van der Waals surface area contributed by atoms with Crippen LogP contribution >= 0.6 is 11.3 Å². The van der Waals surface area contributed by atoms with E-state index in [1.165, 1.54) is 22.2 Å². The molecule has 0 bridgehead atoms. The quantitative estimate of drug-likeness (QED) is 0.607. The zero-order chi connectivity index (χ0) is 21.3. The predicted octanol–water partition coefficient (Wildman–Crippen LogP) is 1.37. The lowest BCUT2D eigenvalue weighted by Crippen LogP contribution is -2.51. The summed E-state index contributed by atoms with van der Waals surface area (Å²) in [6.45, 7) is 5.89. The van der Waals surface area contributed by atoms with Crippen LogP contribution in [0.5, 0.6) is 0 Å². The van der Waals surface area contributed by atoms with E-state index >= 15 is 0 Å². The highest BCUT2D eigenvalue weighted by Crippen LogP contribution is 2.16. The van der Waals surface area contributed by atoms with E-state index in [-0.39, 0.29) is 30.2 Å². The van der Waals surface area contributed by atoms with Crippen LogP contribution in [-0.4, -0.2) is 62.5 Å². The molecular weight excluding hydrogens is 406 g/mol. The summed E-state index contributed by atoms with van der Waals surface area (Å²) in [7, 11) is 0. The van der Waals surface area contributed by atoms with Crippen molar-refractivity contribution in [1.82, 2.24) is 24.5 Å². The summed E-state index contributed by atoms with van der Waals surface area (Å²) in [6.07, 6.45) is 1.99. The topological polar surface area (TPSA) is 102 Å². The second-order valence-corrected chi connectivity index (χ2v) is 8.27. The first-order valence-corrected chi connectivity index (χ1v) is 10.7. The maximum atomic E-state index is 12.6. The van der Waals surface area contributed by atoms with Crippen LogP contribution in [0.4, 0.5) is 0 Å². The minimum absolute atomic E-state index is 0.0122. The number of aromatic nitrogens is 3. The fourth-order valence-corrected chi connectivity index (χ4v) is 4.37. The van der Waals surface area contributed by atoms with Crippen LogP contribution < -0.4 is 5.56 Å². The highest BCUT2D eigenvalue weighted by molar-refractivity contribution is 7.16.